The van der Waals surface area contributed by atoms with Gasteiger partial charge in [0.05, 0.1) is 0 Å². The first-order valence-corrected chi connectivity index (χ1v) is 6.16. The number of nitrogens with zero attached hydrogens (tertiary/aromatic N) is 1. The van der Waals surface area contributed by atoms with Crippen LogP contribution in [0.1, 0.15) is 24.0 Å². The molecule has 2 aliphatic rings. The van der Waals surface area contributed by atoms with Crippen LogP contribution in [0.4, 0.5) is 0 Å². The smallest absolute Gasteiger partial charge is 0.0343 e. The average molecular weight is 214 g/mol. The van der Waals surface area contributed by atoms with Gasteiger partial charge in [0.2, 0.25) is 0 Å². The molecule has 2 atom stereocenters. The van der Waals surface area contributed by atoms with Crippen molar-refractivity contribution in [2.24, 2.45) is 11.8 Å². The number of aryl methyl sites for hydroxylation is 1. The van der Waals surface area contributed by atoms with Crippen LogP contribution in [0, 0.1) is 18.8 Å². The zero-order valence-electron chi connectivity index (χ0n) is 9.74. The highest BCUT2D eigenvalue weighted by Gasteiger charge is 2.29. The van der Waals surface area contributed by atoms with Gasteiger partial charge in [-0.1, -0.05) is 6.08 Å². The third-order valence-corrected chi connectivity index (χ3v) is 3.84. The van der Waals surface area contributed by atoms with Crippen molar-refractivity contribution in [1.29, 1.82) is 0 Å². The Kier molecular flexibility index (Phi) is 2.52. The predicted molar refractivity (Wildman–Crippen MR) is 66.0 cm³/mol. The summed E-state index contributed by atoms with van der Waals surface area (Å²) in [7, 11) is 0. The lowest BCUT2D eigenvalue weighted by molar-refractivity contribution is 0.448. The number of hydrogen-bond acceptors (Lipinski definition) is 2. The molecule has 0 aromatic carbocycles. The first-order chi connectivity index (χ1) is 7.83. The Hall–Kier alpha value is -1.15. The maximum atomic E-state index is 4.29. The average Bonchev–Trinajstić information content (AvgIpc) is 2.75. The van der Waals surface area contributed by atoms with E-state index in [0.29, 0.717) is 0 Å². The van der Waals surface area contributed by atoms with Crippen LogP contribution < -0.4 is 5.32 Å². The van der Waals surface area contributed by atoms with Crippen molar-refractivity contribution in [3.05, 3.63) is 35.7 Å². The van der Waals surface area contributed by atoms with Crippen molar-refractivity contribution in [3.63, 3.8) is 0 Å². The van der Waals surface area contributed by atoms with E-state index >= 15 is 0 Å². The minimum atomic E-state index is 0.754. The van der Waals surface area contributed by atoms with Gasteiger partial charge in [0, 0.05) is 18.9 Å². The molecule has 1 aliphatic carbocycles. The van der Waals surface area contributed by atoms with Gasteiger partial charge in [-0.3, -0.25) is 4.98 Å². The topological polar surface area (TPSA) is 24.9 Å². The molecular formula is C14H18N2. The van der Waals surface area contributed by atoms with Gasteiger partial charge < -0.3 is 5.32 Å². The SMILES string of the molecule is Cc1cncc(C2=C[C@H]3CNC[C@H]3CC2)c1. The molecule has 1 aromatic rings. The van der Waals surface area contributed by atoms with E-state index in [2.05, 4.69) is 29.4 Å². The second-order valence-electron chi connectivity index (χ2n) is 5.06. The first-order valence-electron chi connectivity index (χ1n) is 6.16. The number of fused-ring (bicyclic) bond motifs is 1. The van der Waals surface area contributed by atoms with Crippen LogP contribution in [0.5, 0.6) is 0 Å². The summed E-state index contributed by atoms with van der Waals surface area (Å²) >= 11 is 0. The van der Waals surface area contributed by atoms with E-state index in [1.54, 1.807) is 0 Å². The number of allylic oxidation sites excluding steroid dienone is 1. The van der Waals surface area contributed by atoms with Crippen molar-refractivity contribution in [1.82, 2.24) is 10.3 Å². The van der Waals surface area contributed by atoms with Gasteiger partial charge in [0.25, 0.3) is 0 Å². The zero-order chi connectivity index (χ0) is 11.0. The van der Waals surface area contributed by atoms with E-state index in [1.807, 2.05) is 12.4 Å². The van der Waals surface area contributed by atoms with Crippen LogP contribution in [0.2, 0.25) is 0 Å². The van der Waals surface area contributed by atoms with E-state index in [9.17, 15) is 0 Å². The fourth-order valence-electron chi connectivity index (χ4n) is 2.92. The number of nitrogens with one attached hydrogen (secondary N) is 1. The molecule has 2 heterocycles. The highest BCUT2D eigenvalue weighted by atomic mass is 14.9. The lowest BCUT2D eigenvalue weighted by Crippen LogP contribution is -2.15. The Morgan fingerprint density at radius 2 is 2.25 bits per heavy atom. The molecule has 16 heavy (non-hydrogen) atoms. The third kappa shape index (κ3) is 1.78. The van der Waals surface area contributed by atoms with Crippen molar-refractivity contribution in [3.8, 4) is 0 Å². The number of aromatic nitrogens is 1. The number of pyridine rings is 1. The summed E-state index contributed by atoms with van der Waals surface area (Å²) in [4.78, 5) is 4.29. The molecular weight excluding hydrogens is 196 g/mol. The van der Waals surface area contributed by atoms with Crippen LogP contribution >= 0.6 is 0 Å². The number of hydrogen-bond donors (Lipinski definition) is 1. The first kappa shape index (κ1) is 10.0. The summed E-state index contributed by atoms with van der Waals surface area (Å²) in [5, 5.41) is 3.49. The standard InChI is InChI=1S/C14H18N2/c1-10-4-13(8-15-6-10)11-2-3-12-7-16-9-14(12)5-11/h4-6,8,12,14,16H,2-3,7,9H2,1H3/t12-,14+/m1/s1. The van der Waals surface area contributed by atoms with Gasteiger partial charge in [0.15, 0.2) is 0 Å². The molecule has 3 rings (SSSR count). The Morgan fingerprint density at radius 1 is 1.31 bits per heavy atom. The minimum absolute atomic E-state index is 0.754. The van der Waals surface area contributed by atoms with Crippen LogP contribution in [0.25, 0.3) is 5.57 Å². The van der Waals surface area contributed by atoms with Crippen LogP contribution in [-0.2, 0) is 0 Å². The van der Waals surface area contributed by atoms with Gasteiger partial charge in [-0.2, -0.15) is 0 Å². The lowest BCUT2D eigenvalue weighted by Gasteiger charge is -2.23. The predicted octanol–water partition coefficient (Wildman–Crippen LogP) is 2.40. The zero-order valence-corrected chi connectivity index (χ0v) is 9.74. The third-order valence-electron chi connectivity index (χ3n) is 3.84. The monoisotopic (exact) mass is 214 g/mol. The molecule has 2 nitrogen and oxygen atoms in total. The maximum Gasteiger partial charge on any atom is 0.0343 e. The molecule has 1 N–H and O–H groups in total. The van der Waals surface area contributed by atoms with Gasteiger partial charge in [0.1, 0.15) is 0 Å². The second kappa shape index (κ2) is 4.02. The molecule has 0 unspecified atom stereocenters. The van der Waals surface area contributed by atoms with Gasteiger partial charge in [-0.15, -0.1) is 0 Å². The molecule has 0 saturated carbocycles. The molecule has 0 bridgehead atoms. The van der Waals surface area contributed by atoms with Crippen molar-refractivity contribution >= 4 is 5.57 Å². The van der Waals surface area contributed by atoms with E-state index in [4.69, 9.17) is 0 Å². The Bertz CT molecular complexity index is 422. The molecule has 1 fully saturated rings. The van der Waals surface area contributed by atoms with Gasteiger partial charge in [-0.25, -0.2) is 0 Å². The molecule has 0 spiro atoms. The Morgan fingerprint density at radius 3 is 3.12 bits per heavy atom. The molecule has 0 amide bonds. The maximum absolute atomic E-state index is 4.29. The van der Waals surface area contributed by atoms with Crippen molar-refractivity contribution in [2.75, 3.05) is 13.1 Å². The summed E-state index contributed by atoms with van der Waals surface area (Å²) in [5.41, 5.74) is 4.08. The highest BCUT2D eigenvalue weighted by molar-refractivity contribution is 5.66. The summed E-state index contributed by atoms with van der Waals surface area (Å²) in [6.07, 6.45) is 8.95. The Labute approximate surface area is 96.8 Å². The fraction of sp³-hybridized carbons (Fsp3) is 0.500. The molecule has 0 radical (unpaired) electrons. The summed E-state index contributed by atoms with van der Waals surface area (Å²) in [6, 6.07) is 2.25. The summed E-state index contributed by atoms with van der Waals surface area (Å²) in [6.45, 7) is 4.48. The van der Waals surface area contributed by atoms with E-state index < -0.39 is 0 Å². The van der Waals surface area contributed by atoms with Crippen LogP contribution in [0.3, 0.4) is 0 Å². The quantitative estimate of drug-likeness (QED) is 0.776. The Balaban J connectivity index is 1.90. The molecule has 1 saturated heterocycles. The second-order valence-corrected chi connectivity index (χ2v) is 5.06. The van der Waals surface area contributed by atoms with E-state index in [0.717, 1.165) is 18.4 Å². The molecule has 84 valence electrons. The fourth-order valence-corrected chi connectivity index (χ4v) is 2.92. The largest absolute Gasteiger partial charge is 0.316 e. The lowest BCUT2D eigenvalue weighted by atomic mass is 9.81. The summed E-state index contributed by atoms with van der Waals surface area (Å²) < 4.78 is 0. The van der Waals surface area contributed by atoms with Crippen LogP contribution in [0.15, 0.2) is 24.5 Å². The molecule has 2 heteroatoms. The highest BCUT2D eigenvalue weighted by Crippen LogP contribution is 2.35. The summed E-state index contributed by atoms with van der Waals surface area (Å²) in [5.74, 6) is 1.63. The molecule has 1 aliphatic heterocycles. The van der Waals surface area contributed by atoms with E-state index in [1.165, 1.54) is 36.1 Å². The van der Waals surface area contributed by atoms with Gasteiger partial charge in [-0.05, 0) is 60.9 Å². The van der Waals surface area contributed by atoms with E-state index in [-0.39, 0.29) is 0 Å². The van der Waals surface area contributed by atoms with Crippen molar-refractivity contribution in [2.45, 2.75) is 19.8 Å². The normalized spacial score (nSPS) is 28.7. The van der Waals surface area contributed by atoms with Gasteiger partial charge >= 0.3 is 0 Å². The molecule has 1 aromatic heterocycles. The minimum Gasteiger partial charge on any atom is -0.316 e. The van der Waals surface area contributed by atoms with Crippen LogP contribution in [-0.4, -0.2) is 18.1 Å². The van der Waals surface area contributed by atoms with Crippen molar-refractivity contribution < 1.29 is 0 Å². The number of rotatable bonds is 1.